The molecule has 1 aliphatic heterocycles. The van der Waals surface area contributed by atoms with E-state index in [4.69, 9.17) is 19.7 Å². The Kier molecular flexibility index (Phi) is 11.9. The molecule has 25 heavy (non-hydrogen) atoms. The Bertz CT molecular complexity index is 410. The monoisotopic (exact) mass is 396 g/mol. The molecule has 1 heterocycles. The molecule has 0 aromatic heterocycles. The van der Waals surface area contributed by atoms with E-state index >= 15 is 0 Å². The summed E-state index contributed by atoms with van der Waals surface area (Å²) in [5.74, 6) is -2.09. The predicted molar refractivity (Wildman–Crippen MR) is 68.8 cm³/mol. The van der Waals surface area contributed by atoms with Crippen LogP contribution in [0.1, 0.15) is 0 Å². The maximum Gasteiger partial charge on any atom is 1.00 e. The molecule has 0 amide bonds. The summed E-state index contributed by atoms with van der Waals surface area (Å²) in [5.41, 5.74) is 0. The van der Waals surface area contributed by atoms with Gasteiger partial charge in [0.05, 0.1) is 19.2 Å². The summed E-state index contributed by atoms with van der Waals surface area (Å²) < 4.78 is 9.94. The van der Waals surface area contributed by atoms with E-state index < -0.39 is 74.3 Å². The van der Waals surface area contributed by atoms with Crippen molar-refractivity contribution in [2.24, 2.45) is 0 Å². The summed E-state index contributed by atoms with van der Waals surface area (Å²) in [7, 11) is 0. The van der Waals surface area contributed by atoms with Gasteiger partial charge in [-0.2, -0.15) is 0 Å². The van der Waals surface area contributed by atoms with Crippen molar-refractivity contribution in [2.75, 3.05) is 13.2 Å². The van der Waals surface area contributed by atoms with Crippen LogP contribution in [-0.2, 0) is 14.3 Å². The quantitative estimate of drug-likeness (QED) is 0.179. The van der Waals surface area contributed by atoms with E-state index in [1.807, 2.05) is 0 Å². The third-order valence-corrected chi connectivity index (χ3v) is 3.61. The standard InChI is InChI=1S/C12H22O12.K/c13-1-3(15)10(7(18)8(19)11(21)22)24-12-9(20)6(17)5(16)4(2-14)23-12;/h3-10,12-20H,1-2H2,(H,21,22);/q;+1/p-1/t3-,4-,5+,6+,7-,8-,9-,10-,12+;/m1./s1. The van der Waals surface area contributed by atoms with Gasteiger partial charge in [0.25, 0.3) is 0 Å². The first-order chi connectivity index (χ1) is 11.1. The second-order valence-corrected chi connectivity index (χ2v) is 5.30. The average Bonchev–Trinajstić information content (AvgIpc) is 2.57. The molecule has 0 unspecified atom stereocenters. The normalized spacial score (nSPS) is 34.5. The van der Waals surface area contributed by atoms with Crippen molar-refractivity contribution in [3.63, 3.8) is 0 Å². The Hall–Kier alpha value is 0.706. The van der Waals surface area contributed by atoms with Crippen LogP contribution < -0.4 is 56.5 Å². The van der Waals surface area contributed by atoms with Crippen LogP contribution in [0, 0.1) is 0 Å². The number of rotatable bonds is 8. The van der Waals surface area contributed by atoms with Gasteiger partial charge in [-0.1, -0.05) is 0 Å². The molecule has 1 rings (SSSR count). The molecule has 0 saturated carbocycles. The number of carbonyl (C=O) groups excluding carboxylic acids is 1. The first kappa shape index (κ1) is 25.7. The van der Waals surface area contributed by atoms with E-state index in [-0.39, 0.29) is 51.4 Å². The van der Waals surface area contributed by atoms with E-state index in [0.29, 0.717) is 0 Å². The first-order valence-corrected chi connectivity index (χ1v) is 6.97. The van der Waals surface area contributed by atoms with Crippen LogP contribution >= 0.6 is 0 Å². The van der Waals surface area contributed by atoms with Crippen molar-refractivity contribution in [1.29, 1.82) is 0 Å². The van der Waals surface area contributed by atoms with Crippen LogP contribution in [0.15, 0.2) is 0 Å². The average molecular weight is 396 g/mol. The molecule has 8 N–H and O–H groups in total. The molecule has 13 heteroatoms. The maximum absolute atomic E-state index is 10.6. The van der Waals surface area contributed by atoms with Crippen LogP contribution in [0.25, 0.3) is 0 Å². The summed E-state index contributed by atoms with van der Waals surface area (Å²) in [6, 6.07) is 0. The van der Waals surface area contributed by atoms with Gasteiger partial charge in [0.2, 0.25) is 0 Å². The van der Waals surface area contributed by atoms with Gasteiger partial charge in [0.1, 0.15) is 48.8 Å². The minimum absolute atomic E-state index is 0. The molecule has 0 aromatic carbocycles. The summed E-state index contributed by atoms with van der Waals surface area (Å²) >= 11 is 0. The SMILES string of the molecule is O=C([O-])[C@H](O)[C@@H](O)[C@H](O[C@@H]1O[C@H](CO)[C@H](O)[C@H](O)[C@H]1O)[C@H](O)CO.[K+]. The Balaban J connectivity index is 0.00000576. The Morgan fingerprint density at radius 2 is 1.64 bits per heavy atom. The van der Waals surface area contributed by atoms with E-state index in [1.165, 1.54) is 0 Å². The van der Waals surface area contributed by atoms with Crippen molar-refractivity contribution in [1.82, 2.24) is 0 Å². The molecule has 0 aliphatic carbocycles. The van der Waals surface area contributed by atoms with Crippen molar-refractivity contribution in [3.8, 4) is 0 Å². The molecule has 0 radical (unpaired) electrons. The minimum Gasteiger partial charge on any atom is -0.547 e. The second kappa shape index (κ2) is 11.5. The Labute approximate surface area is 184 Å². The molecule has 0 spiro atoms. The van der Waals surface area contributed by atoms with Crippen LogP contribution in [0.2, 0.25) is 0 Å². The summed E-state index contributed by atoms with van der Waals surface area (Å²) in [5, 5.41) is 86.3. The van der Waals surface area contributed by atoms with Crippen LogP contribution in [0.5, 0.6) is 0 Å². The zero-order valence-corrected chi connectivity index (χ0v) is 16.4. The molecular weight excluding hydrogens is 375 g/mol. The molecule has 9 atom stereocenters. The van der Waals surface area contributed by atoms with E-state index in [2.05, 4.69) is 0 Å². The van der Waals surface area contributed by atoms with E-state index in [1.54, 1.807) is 0 Å². The van der Waals surface area contributed by atoms with Crippen molar-refractivity contribution < 1.29 is 112 Å². The van der Waals surface area contributed by atoms with E-state index in [0.717, 1.165) is 0 Å². The number of carboxylic acid groups (broad SMARTS) is 1. The number of carbonyl (C=O) groups is 1. The van der Waals surface area contributed by atoms with Gasteiger partial charge < -0.3 is 60.2 Å². The number of aliphatic hydroxyl groups is 8. The number of ether oxygens (including phenoxy) is 2. The van der Waals surface area contributed by atoms with Crippen LogP contribution in [0.4, 0.5) is 0 Å². The number of hydrogen-bond donors (Lipinski definition) is 8. The largest absolute Gasteiger partial charge is 1.00 e. The molecule has 0 bridgehead atoms. The number of aliphatic hydroxyl groups excluding tert-OH is 8. The molecule has 142 valence electrons. The summed E-state index contributed by atoms with van der Waals surface area (Å²) in [6.07, 6.45) is -17.3. The zero-order valence-electron chi connectivity index (χ0n) is 13.3. The fourth-order valence-corrected chi connectivity index (χ4v) is 2.16. The summed E-state index contributed by atoms with van der Waals surface area (Å²) in [4.78, 5) is 10.6. The zero-order chi connectivity index (χ0) is 18.6. The second-order valence-electron chi connectivity index (χ2n) is 5.30. The molecule has 12 nitrogen and oxygen atoms in total. The van der Waals surface area contributed by atoms with Crippen molar-refractivity contribution in [2.45, 2.75) is 55.1 Å². The van der Waals surface area contributed by atoms with Gasteiger partial charge >= 0.3 is 51.4 Å². The van der Waals surface area contributed by atoms with Crippen LogP contribution in [-0.4, -0.2) is 115 Å². The third-order valence-electron chi connectivity index (χ3n) is 3.61. The van der Waals surface area contributed by atoms with Crippen molar-refractivity contribution in [3.05, 3.63) is 0 Å². The number of hydrogen-bond acceptors (Lipinski definition) is 12. The minimum atomic E-state index is -2.50. The first-order valence-electron chi connectivity index (χ1n) is 6.97. The third kappa shape index (κ3) is 6.37. The molecule has 1 saturated heterocycles. The van der Waals surface area contributed by atoms with Gasteiger partial charge in [-0.15, -0.1) is 0 Å². The van der Waals surface area contributed by atoms with Crippen LogP contribution in [0.3, 0.4) is 0 Å². The smallest absolute Gasteiger partial charge is 0.547 e. The molecule has 1 aliphatic rings. The number of carboxylic acids is 1. The van der Waals surface area contributed by atoms with E-state index in [9.17, 15) is 40.5 Å². The Morgan fingerprint density at radius 1 is 1.08 bits per heavy atom. The number of aliphatic carboxylic acids is 1. The fourth-order valence-electron chi connectivity index (χ4n) is 2.16. The fraction of sp³-hybridized carbons (Fsp3) is 0.917. The van der Waals surface area contributed by atoms with Gasteiger partial charge in [-0.05, 0) is 0 Å². The topological polar surface area (TPSA) is 220 Å². The Morgan fingerprint density at radius 3 is 2.08 bits per heavy atom. The molecule has 0 aromatic rings. The van der Waals surface area contributed by atoms with Gasteiger partial charge in [0, 0.05) is 0 Å². The predicted octanol–water partition coefficient (Wildman–Crippen LogP) is -10.00. The van der Waals surface area contributed by atoms with Gasteiger partial charge in [0.15, 0.2) is 6.29 Å². The van der Waals surface area contributed by atoms with Gasteiger partial charge in [-0.25, -0.2) is 0 Å². The van der Waals surface area contributed by atoms with Gasteiger partial charge in [-0.3, -0.25) is 0 Å². The summed E-state index contributed by atoms with van der Waals surface area (Å²) in [6.45, 7) is -1.79. The molecule has 1 fully saturated rings. The van der Waals surface area contributed by atoms with Crippen molar-refractivity contribution >= 4 is 5.97 Å². The molecular formula is C12H21KO12. The maximum atomic E-state index is 10.6.